The number of phenolic OH excluding ortho intramolecular Hbond substituents is 3. The smallest absolute Gasteiger partial charge is 0.275 e. The molecule has 0 aromatic heterocycles. The summed E-state index contributed by atoms with van der Waals surface area (Å²) >= 11 is 3.18. The lowest BCUT2D eigenvalue weighted by Crippen LogP contribution is -2.17. The maximum absolute atomic E-state index is 11.9. The molecule has 0 aliphatic rings. The van der Waals surface area contributed by atoms with E-state index in [1.165, 1.54) is 30.5 Å². The van der Waals surface area contributed by atoms with E-state index in [9.17, 15) is 20.1 Å². The van der Waals surface area contributed by atoms with Gasteiger partial charge in [-0.25, -0.2) is 5.43 Å². The highest BCUT2D eigenvalue weighted by atomic mass is 79.9. The van der Waals surface area contributed by atoms with Crippen LogP contribution < -0.4 is 5.43 Å². The van der Waals surface area contributed by atoms with Gasteiger partial charge in [-0.2, -0.15) is 5.10 Å². The van der Waals surface area contributed by atoms with Gasteiger partial charge in [0.15, 0.2) is 0 Å². The van der Waals surface area contributed by atoms with Gasteiger partial charge in [-0.05, 0) is 36.8 Å². The Bertz CT molecular complexity index is 736. The predicted octanol–water partition coefficient (Wildman–Crippen LogP) is 2.64. The first-order valence-corrected chi connectivity index (χ1v) is 7.02. The molecule has 1 amide bonds. The summed E-state index contributed by atoms with van der Waals surface area (Å²) in [7, 11) is 0. The van der Waals surface area contributed by atoms with Crippen molar-refractivity contribution in [3.63, 3.8) is 0 Å². The van der Waals surface area contributed by atoms with Gasteiger partial charge in [-0.1, -0.05) is 15.9 Å². The zero-order chi connectivity index (χ0) is 16.3. The molecule has 0 radical (unpaired) electrons. The first-order chi connectivity index (χ1) is 10.4. The molecule has 114 valence electrons. The number of hydrogen-bond donors (Lipinski definition) is 4. The Kier molecular flexibility index (Phi) is 4.67. The fourth-order valence-corrected chi connectivity index (χ4v) is 2.19. The summed E-state index contributed by atoms with van der Waals surface area (Å²) in [5, 5.41) is 32.5. The van der Waals surface area contributed by atoms with E-state index in [4.69, 9.17) is 0 Å². The van der Waals surface area contributed by atoms with Crippen LogP contribution in [0.15, 0.2) is 39.9 Å². The molecule has 0 bridgehead atoms. The van der Waals surface area contributed by atoms with Crippen LogP contribution in [0, 0.1) is 6.92 Å². The fraction of sp³-hybridized carbons (Fsp3) is 0.0667. The monoisotopic (exact) mass is 364 g/mol. The molecule has 7 heteroatoms. The maximum atomic E-state index is 11.9. The van der Waals surface area contributed by atoms with Crippen molar-refractivity contribution >= 4 is 28.1 Å². The van der Waals surface area contributed by atoms with Crippen molar-refractivity contribution < 1.29 is 20.1 Å². The van der Waals surface area contributed by atoms with Crippen molar-refractivity contribution in [1.29, 1.82) is 0 Å². The van der Waals surface area contributed by atoms with E-state index in [0.29, 0.717) is 15.6 Å². The van der Waals surface area contributed by atoms with Gasteiger partial charge in [0.25, 0.3) is 5.91 Å². The molecule has 0 atom stereocenters. The number of rotatable bonds is 3. The number of halogens is 1. The van der Waals surface area contributed by atoms with E-state index in [2.05, 4.69) is 26.5 Å². The minimum Gasteiger partial charge on any atom is -0.508 e. The molecule has 4 N–H and O–H groups in total. The standard InChI is InChI=1S/C15H13BrN2O4/c1-8-4-10(19)6-14(21)12(8)7-17-18-15(22)11-3-2-9(16)5-13(11)20/h2-7,19-21H,1H3,(H,18,22)/b17-7+. The summed E-state index contributed by atoms with van der Waals surface area (Å²) < 4.78 is 0.648. The van der Waals surface area contributed by atoms with E-state index in [1.807, 2.05) is 0 Å². The molecule has 0 saturated carbocycles. The van der Waals surface area contributed by atoms with Gasteiger partial charge in [0.1, 0.15) is 17.2 Å². The molecule has 0 fully saturated rings. The van der Waals surface area contributed by atoms with Crippen LogP contribution in [0.1, 0.15) is 21.5 Å². The second-order valence-electron chi connectivity index (χ2n) is 4.56. The number of amides is 1. The number of nitrogens with one attached hydrogen (secondary N) is 1. The lowest BCUT2D eigenvalue weighted by atomic mass is 10.1. The first kappa shape index (κ1) is 15.8. The number of benzene rings is 2. The Balaban J connectivity index is 2.14. The number of carbonyl (C=O) groups excluding carboxylic acids is 1. The summed E-state index contributed by atoms with van der Waals surface area (Å²) in [5.41, 5.74) is 3.31. The molecule has 0 aliphatic carbocycles. The van der Waals surface area contributed by atoms with Crippen molar-refractivity contribution in [2.24, 2.45) is 5.10 Å². The lowest BCUT2D eigenvalue weighted by Gasteiger charge is -2.05. The number of carbonyl (C=O) groups is 1. The van der Waals surface area contributed by atoms with Crippen LogP contribution in [0.5, 0.6) is 17.2 Å². The van der Waals surface area contributed by atoms with Crippen molar-refractivity contribution in [3.8, 4) is 17.2 Å². The van der Waals surface area contributed by atoms with Gasteiger partial charge in [0.2, 0.25) is 0 Å². The maximum Gasteiger partial charge on any atom is 0.275 e. The first-order valence-electron chi connectivity index (χ1n) is 6.23. The minimum absolute atomic E-state index is 0.0593. The SMILES string of the molecule is Cc1cc(O)cc(O)c1/C=N/NC(=O)c1ccc(Br)cc1O. The van der Waals surface area contributed by atoms with Crippen LogP contribution in [-0.4, -0.2) is 27.4 Å². The van der Waals surface area contributed by atoms with Gasteiger partial charge < -0.3 is 15.3 Å². The Morgan fingerprint density at radius 1 is 1.18 bits per heavy atom. The van der Waals surface area contributed by atoms with Gasteiger partial charge in [0, 0.05) is 16.1 Å². The Labute approximate surface area is 134 Å². The van der Waals surface area contributed by atoms with Crippen LogP contribution in [-0.2, 0) is 0 Å². The van der Waals surface area contributed by atoms with Crippen LogP contribution >= 0.6 is 15.9 Å². The highest BCUT2D eigenvalue weighted by Crippen LogP contribution is 2.25. The Morgan fingerprint density at radius 3 is 2.55 bits per heavy atom. The molecule has 2 aromatic rings. The summed E-state index contributed by atoms with van der Waals surface area (Å²) in [5.74, 6) is -0.971. The Hall–Kier alpha value is -2.54. The molecule has 2 rings (SSSR count). The van der Waals surface area contributed by atoms with E-state index < -0.39 is 5.91 Å². The molecule has 0 unspecified atom stereocenters. The molecule has 0 aliphatic heterocycles. The second kappa shape index (κ2) is 6.48. The van der Waals surface area contributed by atoms with Gasteiger partial charge in [0.05, 0.1) is 11.8 Å². The molecule has 2 aromatic carbocycles. The average molecular weight is 365 g/mol. The molecular weight excluding hydrogens is 352 g/mol. The van der Waals surface area contributed by atoms with Crippen LogP contribution in [0.2, 0.25) is 0 Å². The summed E-state index contributed by atoms with van der Waals surface area (Å²) in [6.07, 6.45) is 1.26. The predicted molar refractivity (Wildman–Crippen MR) is 85.4 cm³/mol. The summed E-state index contributed by atoms with van der Waals surface area (Å²) in [6, 6.07) is 7.11. The molecule has 0 heterocycles. The van der Waals surface area contributed by atoms with Crippen LogP contribution in [0.3, 0.4) is 0 Å². The van der Waals surface area contributed by atoms with Crippen molar-refractivity contribution in [2.75, 3.05) is 0 Å². The normalized spacial score (nSPS) is 10.8. The topological polar surface area (TPSA) is 102 Å². The molecule has 0 saturated heterocycles. The van der Waals surface area contributed by atoms with Crippen molar-refractivity contribution in [3.05, 3.63) is 51.5 Å². The number of phenols is 3. The van der Waals surface area contributed by atoms with Crippen LogP contribution in [0.4, 0.5) is 0 Å². The van der Waals surface area contributed by atoms with E-state index in [0.717, 1.165) is 0 Å². The Morgan fingerprint density at radius 2 is 1.91 bits per heavy atom. The van der Waals surface area contributed by atoms with E-state index in [-0.39, 0.29) is 22.8 Å². The van der Waals surface area contributed by atoms with Crippen LogP contribution in [0.25, 0.3) is 0 Å². The number of nitrogens with zero attached hydrogens (tertiary/aromatic N) is 1. The average Bonchev–Trinajstić information content (AvgIpc) is 2.41. The fourth-order valence-electron chi connectivity index (χ4n) is 1.84. The number of aromatic hydroxyl groups is 3. The number of hydrazone groups is 1. The highest BCUT2D eigenvalue weighted by Gasteiger charge is 2.10. The number of hydrogen-bond acceptors (Lipinski definition) is 5. The van der Waals surface area contributed by atoms with E-state index >= 15 is 0 Å². The lowest BCUT2D eigenvalue weighted by molar-refractivity contribution is 0.0952. The molecular formula is C15H13BrN2O4. The largest absolute Gasteiger partial charge is 0.508 e. The van der Waals surface area contributed by atoms with Gasteiger partial charge in [-0.3, -0.25) is 4.79 Å². The third kappa shape index (κ3) is 3.56. The second-order valence-corrected chi connectivity index (χ2v) is 5.47. The highest BCUT2D eigenvalue weighted by molar-refractivity contribution is 9.10. The van der Waals surface area contributed by atoms with Crippen molar-refractivity contribution in [1.82, 2.24) is 5.43 Å². The molecule has 0 spiro atoms. The van der Waals surface area contributed by atoms with Gasteiger partial charge in [-0.15, -0.1) is 0 Å². The number of aryl methyl sites for hydroxylation is 1. The third-order valence-corrected chi connectivity index (χ3v) is 3.41. The minimum atomic E-state index is -0.586. The summed E-state index contributed by atoms with van der Waals surface area (Å²) in [4.78, 5) is 11.9. The molecule has 22 heavy (non-hydrogen) atoms. The zero-order valence-corrected chi connectivity index (χ0v) is 13.1. The van der Waals surface area contributed by atoms with E-state index in [1.54, 1.807) is 13.0 Å². The quantitative estimate of drug-likeness (QED) is 0.496. The zero-order valence-electron chi connectivity index (χ0n) is 11.5. The molecule has 6 nitrogen and oxygen atoms in total. The van der Waals surface area contributed by atoms with Gasteiger partial charge >= 0.3 is 0 Å². The third-order valence-electron chi connectivity index (χ3n) is 2.91. The summed E-state index contributed by atoms with van der Waals surface area (Å²) in [6.45, 7) is 1.68. The van der Waals surface area contributed by atoms with Crippen molar-refractivity contribution in [2.45, 2.75) is 6.92 Å².